The summed E-state index contributed by atoms with van der Waals surface area (Å²) in [5.41, 5.74) is 5.66. The molecule has 25 heavy (non-hydrogen) atoms. The molecule has 1 heterocycles. The maximum absolute atomic E-state index is 8.63. The van der Waals surface area contributed by atoms with Crippen molar-refractivity contribution in [3.63, 3.8) is 0 Å². The van der Waals surface area contributed by atoms with Gasteiger partial charge in [-0.05, 0) is 29.5 Å². The van der Waals surface area contributed by atoms with Gasteiger partial charge in [0.05, 0.1) is 11.0 Å². The van der Waals surface area contributed by atoms with Gasteiger partial charge in [-0.15, -0.1) is 0 Å². The Balaban J connectivity index is 2.32. The first kappa shape index (κ1) is 19.5. The summed E-state index contributed by atoms with van der Waals surface area (Å²) >= 11 is 0. The number of hydrogen-bond donors (Lipinski definition) is 3. The van der Waals surface area contributed by atoms with Gasteiger partial charge < -0.3 is 9.88 Å². The van der Waals surface area contributed by atoms with Gasteiger partial charge in [-0.2, -0.15) is 0 Å². The summed E-state index contributed by atoms with van der Waals surface area (Å²) in [5.74, 6) is 1.15. The highest BCUT2D eigenvalue weighted by molar-refractivity contribution is 5.77. The van der Waals surface area contributed by atoms with E-state index in [1.54, 1.807) is 0 Å². The maximum Gasteiger partial charge on any atom is 0.110 e. The van der Waals surface area contributed by atoms with Gasteiger partial charge in [-0.3, -0.25) is 10.7 Å². The van der Waals surface area contributed by atoms with E-state index in [1.165, 1.54) is 17.3 Å². The van der Waals surface area contributed by atoms with E-state index in [-0.39, 0.29) is 5.41 Å². The van der Waals surface area contributed by atoms with Crippen LogP contribution in [0.4, 0.5) is 0 Å². The zero-order valence-corrected chi connectivity index (χ0v) is 16.1. The second-order valence-electron chi connectivity index (χ2n) is 8.08. The number of nitrogens with zero attached hydrogens (tertiary/aromatic N) is 2. The van der Waals surface area contributed by atoms with Gasteiger partial charge in [0.15, 0.2) is 0 Å². The van der Waals surface area contributed by atoms with Crippen LogP contribution >= 0.6 is 0 Å². The highest BCUT2D eigenvalue weighted by Gasteiger charge is 2.18. The number of fused-ring (bicyclic) bond motifs is 1. The fraction of sp³-hybridized carbons (Fsp3) is 0.550. The van der Waals surface area contributed by atoms with E-state index in [1.807, 2.05) is 11.6 Å². The van der Waals surface area contributed by atoms with Crippen LogP contribution in [0.5, 0.6) is 0 Å². The normalized spacial score (nSPS) is 12.6. The van der Waals surface area contributed by atoms with Crippen LogP contribution in [0, 0.1) is 5.41 Å². The molecule has 5 nitrogen and oxygen atoms in total. The molecule has 3 N–H and O–H groups in total. The summed E-state index contributed by atoms with van der Waals surface area (Å²) in [4.78, 5) is 4.93. The van der Waals surface area contributed by atoms with Crippen LogP contribution in [0.15, 0.2) is 30.5 Å². The van der Waals surface area contributed by atoms with Crippen molar-refractivity contribution in [1.82, 2.24) is 20.3 Å². The molecule has 5 heteroatoms. The van der Waals surface area contributed by atoms with E-state index in [9.17, 15) is 0 Å². The maximum atomic E-state index is 8.63. The molecule has 0 aliphatic carbocycles. The second-order valence-corrected chi connectivity index (χ2v) is 8.08. The van der Waals surface area contributed by atoms with Gasteiger partial charge in [0, 0.05) is 31.8 Å². The molecule has 138 valence electrons. The summed E-state index contributed by atoms with van der Waals surface area (Å²) in [6.07, 6.45) is 5.14. The van der Waals surface area contributed by atoms with Gasteiger partial charge in [-0.25, -0.2) is 4.98 Å². The third-order valence-corrected chi connectivity index (χ3v) is 4.01. The summed E-state index contributed by atoms with van der Waals surface area (Å²) in [5, 5.41) is 12.1. The summed E-state index contributed by atoms with van der Waals surface area (Å²) in [7, 11) is 0. The van der Waals surface area contributed by atoms with Crippen molar-refractivity contribution in [3.8, 4) is 0 Å². The Morgan fingerprint density at radius 2 is 2.04 bits per heavy atom. The topological polar surface area (TPSA) is 62.1 Å². The lowest BCUT2D eigenvalue weighted by molar-refractivity contribution is 0.214. The Kier molecular flexibility index (Phi) is 6.62. The van der Waals surface area contributed by atoms with E-state index < -0.39 is 0 Å². The molecular weight excluding hydrogens is 312 g/mol. The Morgan fingerprint density at radius 3 is 2.68 bits per heavy atom. The molecule has 0 bridgehead atoms. The van der Waals surface area contributed by atoms with Gasteiger partial charge in [-0.1, -0.05) is 46.8 Å². The van der Waals surface area contributed by atoms with Gasteiger partial charge in [0.25, 0.3) is 0 Å². The third kappa shape index (κ3) is 5.87. The van der Waals surface area contributed by atoms with Crippen molar-refractivity contribution in [2.75, 3.05) is 6.54 Å². The van der Waals surface area contributed by atoms with Crippen molar-refractivity contribution < 1.29 is 5.21 Å². The molecule has 0 aliphatic heterocycles. The van der Waals surface area contributed by atoms with Gasteiger partial charge in [0.1, 0.15) is 5.82 Å². The first-order chi connectivity index (χ1) is 11.8. The van der Waals surface area contributed by atoms with E-state index in [4.69, 9.17) is 10.2 Å². The van der Waals surface area contributed by atoms with Gasteiger partial charge >= 0.3 is 0 Å². The van der Waals surface area contributed by atoms with Crippen LogP contribution in [0.25, 0.3) is 11.0 Å². The van der Waals surface area contributed by atoms with Crippen molar-refractivity contribution in [1.29, 1.82) is 0 Å². The van der Waals surface area contributed by atoms with Crippen LogP contribution in [-0.4, -0.2) is 27.3 Å². The fourth-order valence-electron chi connectivity index (χ4n) is 2.92. The molecule has 0 saturated heterocycles. The average molecular weight is 345 g/mol. The summed E-state index contributed by atoms with van der Waals surface area (Å²) in [6.45, 7) is 13.0. The minimum Gasteiger partial charge on any atom is -0.327 e. The monoisotopic (exact) mass is 344 g/mol. The summed E-state index contributed by atoms with van der Waals surface area (Å²) in [6, 6.07) is 6.94. The predicted molar refractivity (Wildman–Crippen MR) is 104 cm³/mol. The molecule has 0 fully saturated rings. The first-order valence-electron chi connectivity index (χ1n) is 9.06. The SMILES string of the molecule is CC(C)NCCn1c(CC(C)(C)C)nc2cc(C/C=C/NO)ccc21. The number of hydrogen-bond acceptors (Lipinski definition) is 4. The standard InChI is InChI=1S/C20H32N4O/c1-15(2)21-11-12-24-18-9-8-16(7-6-10-22-25)13-17(18)23-19(24)14-20(3,4)5/h6,8-10,13,15,21-22,25H,7,11-12,14H2,1-5H3/b10-6+. The second kappa shape index (κ2) is 8.50. The largest absolute Gasteiger partial charge is 0.327 e. The van der Waals surface area contributed by atoms with Crippen molar-refractivity contribution in [2.24, 2.45) is 5.41 Å². The Hall–Kier alpha value is -1.85. The quantitative estimate of drug-likeness (QED) is 0.640. The van der Waals surface area contributed by atoms with Crippen molar-refractivity contribution in [2.45, 2.75) is 60.0 Å². The molecule has 0 radical (unpaired) electrons. The van der Waals surface area contributed by atoms with E-state index in [2.05, 4.69) is 62.7 Å². The molecule has 2 rings (SSSR count). The number of nitrogens with one attached hydrogen (secondary N) is 2. The number of benzene rings is 1. The Labute approximate surface area is 151 Å². The number of allylic oxidation sites excluding steroid dienone is 1. The molecule has 0 saturated carbocycles. The average Bonchev–Trinajstić information content (AvgIpc) is 2.82. The molecule has 0 atom stereocenters. The molecule has 1 aromatic heterocycles. The molecule has 0 aliphatic rings. The van der Waals surface area contributed by atoms with Gasteiger partial charge in [0.2, 0.25) is 0 Å². The van der Waals surface area contributed by atoms with Crippen molar-refractivity contribution in [3.05, 3.63) is 41.9 Å². The number of hydroxylamine groups is 1. The van der Waals surface area contributed by atoms with Crippen molar-refractivity contribution >= 4 is 11.0 Å². The van der Waals surface area contributed by atoms with Crippen LogP contribution in [-0.2, 0) is 19.4 Å². The van der Waals surface area contributed by atoms with Crippen LogP contribution in [0.2, 0.25) is 0 Å². The first-order valence-corrected chi connectivity index (χ1v) is 9.06. The molecule has 1 aromatic carbocycles. The molecule has 0 amide bonds. The number of rotatable bonds is 8. The Morgan fingerprint density at radius 1 is 1.28 bits per heavy atom. The van der Waals surface area contributed by atoms with E-state index in [0.29, 0.717) is 6.04 Å². The van der Waals surface area contributed by atoms with Crippen LogP contribution in [0.1, 0.15) is 46.0 Å². The number of aromatic nitrogens is 2. The molecule has 0 spiro atoms. The lowest BCUT2D eigenvalue weighted by Crippen LogP contribution is -2.27. The minimum atomic E-state index is 0.197. The Bertz CT molecular complexity index is 710. The molecule has 2 aromatic rings. The predicted octanol–water partition coefficient (Wildman–Crippen LogP) is 3.66. The highest BCUT2D eigenvalue weighted by atomic mass is 16.5. The summed E-state index contributed by atoms with van der Waals surface area (Å²) < 4.78 is 2.35. The van der Waals surface area contributed by atoms with Crippen LogP contribution < -0.4 is 10.8 Å². The number of imidazole rings is 1. The van der Waals surface area contributed by atoms with E-state index >= 15 is 0 Å². The molecule has 0 unspecified atom stereocenters. The zero-order valence-electron chi connectivity index (χ0n) is 16.1. The lowest BCUT2D eigenvalue weighted by Gasteiger charge is -2.19. The molecular formula is C20H32N4O. The minimum absolute atomic E-state index is 0.197. The smallest absolute Gasteiger partial charge is 0.110 e. The van der Waals surface area contributed by atoms with Crippen LogP contribution in [0.3, 0.4) is 0 Å². The fourth-order valence-corrected chi connectivity index (χ4v) is 2.92. The lowest BCUT2D eigenvalue weighted by atomic mass is 9.92. The highest BCUT2D eigenvalue weighted by Crippen LogP contribution is 2.25. The van der Waals surface area contributed by atoms with E-state index in [0.717, 1.165) is 37.3 Å². The zero-order chi connectivity index (χ0) is 18.4. The third-order valence-electron chi connectivity index (χ3n) is 4.01.